The summed E-state index contributed by atoms with van der Waals surface area (Å²) >= 11 is 0. The van der Waals surface area contributed by atoms with Crippen LogP contribution in [0.1, 0.15) is 65.7 Å². The SMILES string of the molecule is CC(C)(C)CC(CN)C(=O)NC12CC3CC(CC(C3)C1)C2. The second-order valence-corrected chi connectivity index (χ2v) is 9.38. The molecule has 0 aromatic carbocycles. The largest absolute Gasteiger partial charge is 0.350 e. The lowest BCUT2D eigenvalue weighted by molar-refractivity contribution is -0.131. The molecule has 0 aromatic heterocycles. The van der Waals surface area contributed by atoms with Crippen LogP contribution >= 0.6 is 0 Å². The number of rotatable bonds is 4. The predicted molar refractivity (Wildman–Crippen MR) is 85.7 cm³/mol. The molecule has 21 heavy (non-hydrogen) atoms. The van der Waals surface area contributed by atoms with E-state index in [0.717, 1.165) is 24.2 Å². The van der Waals surface area contributed by atoms with Gasteiger partial charge in [-0.3, -0.25) is 4.79 Å². The molecule has 4 bridgehead atoms. The average molecular weight is 292 g/mol. The summed E-state index contributed by atoms with van der Waals surface area (Å²) in [6.45, 7) is 7.03. The van der Waals surface area contributed by atoms with Crippen LogP contribution in [0.25, 0.3) is 0 Å². The van der Waals surface area contributed by atoms with Gasteiger partial charge in [-0.1, -0.05) is 20.8 Å². The van der Waals surface area contributed by atoms with Gasteiger partial charge in [-0.05, 0) is 68.1 Å². The molecule has 0 saturated heterocycles. The highest BCUT2D eigenvalue weighted by molar-refractivity contribution is 5.79. The molecule has 0 aromatic rings. The van der Waals surface area contributed by atoms with E-state index in [1.54, 1.807) is 0 Å². The van der Waals surface area contributed by atoms with Crippen molar-refractivity contribution in [2.24, 2.45) is 34.8 Å². The molecule has 3 N–H and O–H groups in total. The van der Waals surface area contributed by atoms with E-state index in [2.05, 4.69) is 26.1 Å². The van der Waals surface area contributed by atoms with E-state index in [0.29, 0.717) is 6.54 Å². The lowest BCUT2D eigenvalue weighted by Gasteiger charge is -2.57. The molecule has 0 aliphatic heterocycles. The molecule has 4 fully saturated rings. The second kappa shape index (κ2) is 5.26. The summed E-state index contributed by atoms with van der Waals surface area (Å²) in [5, 5.41) is 3.48. The van der Waals surface area contributed by atoms with Crippen LogP contribution in [0.5, 0.6) is 0 Å². The van der Waals surface area contributed by atoms with Crippen LogP contribution in [-0.4, -0.2) is 18.0 Å². The van der Waals surface area contributed by atoms with Crippen molar-refractivity contribution in [3.63, 3.8) is 0 Å². The standard InChI is InChI=1S/C18H32N2O/c1-17(2,3)10-15(11-19)16(21)20-18-7-12-4-13(8-18)6-14(5-12)9-18/h12-15H,4-11,19H2,1-3H3,(H,20,21). The van der Waals surface area contributed by atoms with Crippen LogP contribution in [-0.2, 0) is 4.79 Å². The lowest BCUT2D eigenvalue weighted by atomic mass is 9.53. The lowest BCUT2D eigenvalue weighted by Crippen LogP contribution is -2.61. The van der Waals surface area contributed by atoms with Crippen molar-refractivity contribution in [2.45, 2.75) is 71.3 Å². The van der Waals surface area contributed by atoms with Gasteiger partial charge in [0.25, 0.3) is 0 Å². The van der Waals surface area contributed by atoms with Gasteiger partial charge in [-0.15, -0.1) is 0 Å². The quantitative estimate of drug-likeness (QED) is 0.836. The van der Waals surface area contributed by atoms with Crippen molar-refractivity contribution >= 4 is 5.91 Å². The third kappa shape index (κ3) is 3.28. The van der Waals surface area contributed by atoms with Crippen molar-refractivity contribution in [2.75, 3.05) is 6.54 Å². The molecule has 3 heteroatoms. The molecule has 1 amide bonds. The second-order valence-electron chi connectivity index (χ2n) is 9.38. The number of carbonyl (C=O) groups is 1. The average Bonchev–Trinajstić information content (AvgIpc) is 2.32. The maximum Gasteiger partial charge on any atom is 0.224 e. The molecule has 3 nitrogen and oxygen atoms in total. The van der Waals surface area contributed by atoms with Crippen molar-refractivity contribution in [3.8, 4) is 0 Å². The monoisotopic (exact) mass is 292 g/mol. The minimum Gasteiger partial charge on any atom is -0.350 e. The molecule has 0 spiro atoms. The maximum atomic E-state index is 12.7. The van der Waals surface area contributed by atoms with Gasteiger partial charge in [0.05, 0.1) is 5.92 Å². The minimum absolute atomic E-state index is 0.0296. The molecule has 1 atom stereocenters. The van der Waals surface area contributed by atoms with E-state index in [4.69, 9.17) is 5.73 Å². The van der Waals surface area contributed by atoms with Crippen LogP contribution in [0.3, 0.4) is 0 Å². The van der Waals surface area contributed by atoms with Crippen molar-refractivity contribution in [3.05, 3.63) is 0 Å². The van der Waals surface area contributed by atoms with Gasteiger partial charge in [-0.2, -0.15) is 0 Å². The van der Waals surface area contributed by atoms with Gasteiger partial charge >= 0.3 is 0 Å². The van der Waals surface area contributed by atoms with Crippen LogP contribution in [0.15, 0.2) is 0 Å². The smallest absolute Gasteiger partial charge is 0.224 e. The Kier molecular flexibility index (Phi) is 3.84. The summed E-state index contributed by atoms with van der Waals surface area (Å²) < 4.78 is 0. The Morgan fingerprint density at radius 3 is 2.00 bits per heavy atom. The fraction of sp³-hybridized carbons (Fsp3) is 0.944. The van der Waals surface area contributed by atoms with Crippen LogP contribution in [0.2, 0.25) is 0 Å². The van der Waals surface area contributed by atoms with Crippen LogP contribution in [0, 0.1) is 29.1 Å². The summed E-state index contributed by atoms with van der Waals surface area (Å²) in [5.74, 6) is 2.80. The Hall–Kier alpha value is -0.570. The number of hydrogen-bond acceptors (Lipinski definition) is 2. The highest BCUT2D eigenvalue weighted by atomic mass is 16.2. The normalized spacial score (nSPS) is 39.3. The maximum absolute atomic E-state index is 12.7. The highest BCUT2D eigenvalue weighted by Gasteiger charge is 2.51. The Balaban J connectivity index is 1.66. The first-order valence-electron chi connectivity index (χ1n) is 8.81. The van der Waals surface area contributed by atoms with Gasteiger partial charge in [-0.25, -0.2) is 0 Å². The van der Waals surface area contributed by atoms with Crippen LogP contribution in [0.4, 0.5) is 0 Å². The van der Waals surface area contributed by atoms with E-state index in [1.807, 2.05) is 0 Å². The zero-order valence-electron chi connectivity index (χ0n) is 14.0. The summed E-state index contributed by atoms with van der Waals surface area (Å²) in [6.07, 6.45) is 8.78. The van der Waals surface area contributed by atoms with E-state index >= 15 is 0 Å². The molecule has 4 aliphatic carbocycles. The first kappa shape index (κ1) is 15.3. The predicted octanol–water partition coefficient (Wildman–Crippen LogP) is 3.08. The van der Waals surface area contributed by atoms with Crippen LogP contribution < -0.4 is 11.1 Å². The first-order chi connectivity index (χ1) is 9.78. The van der Waals surface area contributed by atoms with Gasteiger partial charge in [0.1, 0.15) is 0 Å². The topological polar surface area (TPSA) is 55.1 Å². The number of nitrogens with one attached hydrogen (secondary N) is 1. The fourth-order valence-electron chi connectivity index (χ4n) is 5.65. The van der Waals surface area contributed by atoms with Gasteiger partial charge in [0, 0.05) is 12.1 Å². The summed E-state index contributed by atoms with van der Waals surface area (Å²) in [7, 11) is 0. The molecular weight excluding hydrogens is 260 g/mol. The molecule has 0 heterocycles. The Bertz CT molecular complexity index is 375. The number of amides is 1. The van der Waals surface area contributed by atoms with Crippen molar-refractivity contribution in [1.29, 1.82) is 0 Å². The first-order valence-corrected chi connectivity index (χ1v) is 8.81. The third-order valence-corrected chi connectivity index (χ3v) is 5.94. The fourth-order valence-corrected chi connectivity index (χ4v) is 5.65. The number of hydrogen-bond donors (Lipinski definition) is 2. The van der Waals surface area contributed by atoms with E-state index in [-0.39, 0.29) is 22.8 Å². The third-order valence-electron chi connectivity index (χ3n) is 5.94. The molecule has 4 aliphatic rings. The van der Waals surface area contributed by atoms with Gasteiger partial charge in [0.15, 0.2) is 0 Å². The summed E-state index contributed by atoms with van der Waals surface area (Å²) in [4.78, 5) is 12.7. The Labute approximate surface area is 129 Å². The Morgan fingerprint density at radius 2 is 1.62 bits per heavy atom. The molecule has 0 radical (unpaired) electrons. The zero-order valence-corrected chi connectivity index (χ0v) is 14.0. The highest BCUT2D eigenvalue weighted by Crippen LogP contribution is 2.55. The molecule has 4 rings (SSSR count). The van der Waals surface area contributed by atoms with Crippen molar-refractivity contribution in [1.82, 2.24) is 5.32 Å². The number of carbonyl (C=O) groups excluding carboxylic acids is 1. The molecule has 120 valence electrons. The Morgan fingerprint density at radius 1 is 1.14 bits per heavy atom. The van der Waals surface area contributed by atoms with E-state index in [9.17, 15) is 4.79 Å². The molecule has 4 saturated carbocycles. The number of nitrogens with two attached hydrogens (primary N) is 1. The van der Waals surface area contributed by atoms with Gasteiger partial charge < -0.3 is 11.1 Å². The summed E-state index contributed by atoms with van der Waals surface area (Å²) in [6, 6.07) is 0. The van der Waals surface area contributed by atoms with E-state index in [1.165, 1.54) is 38.5 Å². The summed E-state index contributed by atoms with van der Waals surface area (Å²) in [5.41, 5.74) is 6.16. The van der Waals surface area contributed by atoms with E-state index < -0.39 is 0 Å². The molecular formula is C18H32N2O. The zero-order chi connectivity index (χ0) is 15.3. The van der Waals surface area contributed by atoms with Gasteiger partial charge in [0.2, 0.25) is 5.91 Å². The molecule has 1 unspecified atom stereocenters. The van der Waals surface area contributed by atoms with Crippen molar-refractivity contribution < 1.29 is 4.79 Å². The minimum atomic E-state index is -0.0296.